The second-order valence-electron chi connectivity index (χ2n) is 5.67. The Kier molecular flexibility index (Phi) is 5.88. The fourth-order valence-electron chi connectivity index (χ4n) is 2.62. The molecule has 1 heterocycles. The van der Waals surface area contributed by atoms with E-state index in [-0.39, 0.29) is 0 Å². The van der Waals surface area contributed by atoms with E-state index in [1.807, 2.05) is 24.3 Å². The Balaban J connectivity index is 1.86. The molecule has 3 nitrogen and oxygen atoms in total. The van der Waals surface area contributed by atoms with Crippen LogP contribution in [-0.2, 0) is 6.54 Å². The third-order valence-electron chi connectivity index (χ3n) is 3.86. The molecule has 0 saturated carbocycles. The number of hydrogen-bond donors (Lipinski definition) is 1. The third-order valence-corrected chi connectivity index (χ3v) is 3.86. The molecule has 2 rings (SSSR count). The first-order valence-corrected chi connectivity index (χ1v) is 7.57. The summed E-state index contributed by atoms with van der Waals surface area (Å²) in [6.07, 6.45) is 2.83. The maximum atomic E-state index is 5.32. The van der Waals surface area contributed by atoms with Crippen molar-refractivity contribution in [2.75, 3.05) is 13.7 Å². The van der Waals surface area contributed by atoms with E-state index in [0.29, 0.717) is 11.8 Å². The van der Waals surface area contributed by atoms with Crippen LogP contribution in [-0.4, -0.2) is 13.7 Å². The van der Waals surface area contributed by atoms with Crippen molar-refractivity contribution in [3.8, 4) is 5.75 Å². The summed E-state index contributed by atoms with van der Waals surface area (Å²) in [7, 11) is 1.70. The predicted molar refractivity (Wildman–Crippen MR) is 85.6 cm³/mol. The fourth-order valence-corrected chi connectivity index (χ4v) is 2.62. The number of furan rings is 1. The average molecular weight is 287 g/mol. The Labute approximate surface area is 127 Å². The first-order chi connectivity index (χ1) is 10.2. The van der Waals surface area contributed by atoms with Crippen molar-refractivity contribution in [2.24, 2.45) is 5.92 Å². The van der Waals surface area contributed by atoms with E-state index in [0.717, 1.165) is 31.0 Å². The molecule has 0 fully saturated rings. The molecular weight excluding hydrogens is 262 g/mol. The zero-order chi connectivity index (χ0) is 15.1. The van der Waals surface area contributed by atoms with Crippen molar-refractivity contribution < 1.29 is 9.15 Å². The van der Waals surface area contributed by atoms with Crippen molar-refractivity contribution in [1.82, 2.24) is 5.32 Å². The molecule has 0 aliphatic carbocycles. The first-order valence-electron chi connectivity index (χ1n) is 7.57. The maximum absolute atomic E-state index is 5.32. The molecule has 0 unspecified atom stereocenters. The molecule has 0 radical (unpaired) electrons. The molecule has 0 aliphatic heterocycles. The lowest BCUT2D eigenvalue weighted by Crippen LogP contribution is -2.19. The molecule has 1 atom stereocenters. The summed E-state index contributed by atoms with van der Waals surface area (Å²) in [6, 6.07) is 12.4. The molecule has 1 aromatic carbocycles. The van der Waals surface area contributed by atoms with Gasteiger partial charge >= 0.3 is 0 Å². The maximum Gasteiger partial charge on any atom is 0.118 e. The number of benzene rings is 1. The molecule has 3 heteroatoms. The normalized spacial score (nSPS) is 12.6. The highest BCUT2D eigenvalue weighted by Gasteiger charge is 2.15. The summed E-state index contributed by atoms with van der Waals surface area (Å²) < 4.78 is 10.5. The summed E-state index contributed by atoms with van der Waals surface area (Å²) in [5, 5.41) is 3.45. The largest absolute Gasteiger partial charge is 0.497 e. The zero-order valence-corrected chi connectivity index (χ0v) is 13.1. The predicted octanol–water partition coefficient (Wildman–Crippen LogP) is 4.21. The molecule has 0 bridgehead atoms. The lowest BCUT2D eigenvalue weighted by atomic mass is 9.86. The van der Waals surface area contributed by atoms with Crippen molar-refractivity contribution in [2.45, 2.75) is 32.7 Å². The van der Waals surface area contributed by atoms with E-state index in [1.165, 1.54) is 5.56 Å². The molecule has 0 saturated heterocycles. The van der Waals surface area contributed by atoms with E-state index in [4.69, 9.17) is 9.15 Å². The number of ether oxygens (including phenoxy) is 1. The van der Waals surface area contributed by atoms with Crippen molar-refractivity contribution in [1.29, 1.82) is 0 Å². The highest BCUT2D eigenvalue weighted by Crippen LogP contribution is 2.28. The van der Waals surface area contributed by atoms with E-state index in [2.05, 4.69) is 31.3 Å². The van der Waals surface area contributed by atoms with Crippen LogP contribution in [0.5, 0.6) is 5.75 Å². The Bertz CT molecular complexity index is 503. The summed E-state index contributed by atoms with van der Waals surface area (Å²) in [4.78, 5) is 0. The van der Waals surface area contributed by atoms with Gasteiger partial charge in [-0.3, -0.25) is 0 Å². The highest BCUT2D eigenvalue weighted by molar-refractivity contribution is 5.29. The molecule has 114 valence electrons. The van der Waals surface area contributed by atoms with Crippen LogP contribution in [0.15, 0.2) is 47.1 Å². The Hall–Kier alpha value is -1.74. The number of methoxy groups -OCH3 is 1. The monoisotopic (exact) mass is 287 g/mol. The molecule has 0 spiro atoms. The van der Waals surface area contributed by atoms with E-state index >= 15 is 0 Å². The van der Waals surface area contributed by atoms with Gasteiger partial charge in [0.25, 0.3) is 0 Å². The standard InChI is InChI=1S/C18H25NO2/c1-14(2)18(15-6-8-16(20-3)9-7-15)10-11-19-13-17-5-4-12-21-17/h4-9,12,14,18-19H,10-11,13H2,1-3H3/t18-/m1/s1. The quantitative estimate of drug-likeness (QED) is 0.739. The molecule has 0 aliphatic rings. The minimum atomic E-state index is 0.556. The molecule has 0 amide bonds. The second kappa shape index (κ2) is 7.89. The van der Waals surface area contributed by atoms with Crippen LogP contribution < -0.4 is 10.1 Å². The highest BCUT2D eigenvalue weighted by atomic mass is 16.5. The molecular formula is C18H25NO2. The molecule has 21 heavy (non-hydrogen) atoms. The minimum absolute atomic E-state index is 0.556. The summed E-state index contributed by atoms with van der Waals surface area (Å²) in [6.45, 7) is 6.33. The van der Waals surface area contributed by atoms with Gasteiger partial charge in [0.15, 0.2) is 0 Å². The van der Waals surface area contributed by atoms with Gasteiger partial charge in [0.1, 0.15) is 11.5 Å². The van der Waals surface area contributed by atoms with Gasteiger partial charge in [-0.15, -0.1) is 0 Å². The summed E-state index contributed by atoms with van der Waals surface area (Å²) in [5.74, 6) is 3.07. The van der Waals surface area contributed by atoms with Crippen LogP contribution in [0.2, 0.25) is 0 Å². The first kappa shape index (κ1) is 15.6. The van der Waals surface area contributed by atoms with Crippen molar-refractivity contribution in [3.63, 3.8) is 0 Å². The SMILES string of the molecule is COc1ccc([C@H](CCNCc2ccco2)C(C)C)cc1. The van der Waals surface area contributed by atoms with E-state index in [1.54, 1.807) is 13.4 Å². The Morgan fingerprint density at radius 3 is 2.48 bits per heavy atom. The smallest absolute Gasteiger partial charge is 0.118 e. The van der Waals surface area contributed by atoms with Crippen molar-refractivity contribution >= 4 is 0 Å². The third kappa shape index (κ3) is 4.64. The van der Waals surface area contributed by atoms with Gasteiger partial charge in [-0.05, 0) is 54.6 Å². The number of hydrogen-bond acceptors (Lipinski definition) is 3. The minimum Gasteiger partial charge on any atom is -0.497 e. The van der Waals surface area contributed by atoms with Gasteiger partial charge in [-0.25, -0.2) is 0 Å². The fraction of sp³-hybridized carbons (Fsp3) is 0.444. The van der Waals surface area contributed by atoms with Crippen LogP contribution in [0, 0.1) is 5.92 Å². The van der Waals surface area contributed by atoms with E-state index in [9.17, 15) is 0 Å². The van der Waals surface area contributed by atoms with E-state index < -0.39 is 0 Å². The van der Waals surface area contributed by atoms with Gasteiger partial charge in [-0.1, -0.05) is 26.0 Å². The van der Waals surface area contributed by atoms with Crippen LogP contribution in [0.4, 0.5) is 0 Å². The van der Waals surface area contributed by atoms with Gasteiger partial charge in [0, 0.05) is 0 Å². The lowest BCUT2D eigenvalue weighted by molar-refractivity contribution is 0.412. The topological polar surface area (TPSA) is 34.4 Å². The summed E-state index contributed by atoms with van der Waals surface area (Å²) >= 11 is 0. The van der Waals surface area contributed by atoms with Gasteiger partial charge in [0.05, 0.1) is 19.9 Å². The van der Waals surface area contributed by atoms with Crippen LogP contribution in [0.25, 0.3) is 0 Å². The zero-order valence-electron chi connectivity index (χ0n) is 13.1. The molecule has 2 aromatic rings. The Morgan fingerprint density at radius 1 is 1.14 bits per heavy atom. The molecule has 1 aromatic heterocycles. The van der Waals surface area contributed by atoms with Crippen LogP contribution >= 0.6 is 0 Å². The lowest BCUT2D eigenvalue weighted by Gasteiger charge is -2.21. The van der Waals surface area contributed by atoms with Gasteiger partial charge in [-0.2, -0.15) is 0 Å². The summed E-state index contributed by atoms with van der Waals surface area (Å²) in [5.41, 5.74) is 1.38. The van der Waals surface area contributed by atoms with Crippen LogP contribution in [0.1, 0.15) is 37.5 Å². The van der Waals surface area contributed by atoms with Gasteiger partial charge in [0.2, 0.25) is 0 Å². The number of nitrogens with one attached hydrogen (secondary N) is 1. The Morgan fingerprint density at radius 2 is 1.90 bits per heavy atom. The van der Waals surface area contributed by atoms with Crippen molar-refractivity contribution in [3.05, 3.63) is 54.0 Å². The number of rotatable bonds is 8. The average Bonchev–Trinajstić information content (AvgIpc) is 3.00. The van der Waals surface area contributed by atoms with Gasteiger partial charge < -0.3 is 14.5 Å². The molecule has 1 N–H and O–H groups in total. The second-order valence-corrected chi connectivity index (χ2v) is 5.67. The van der Waals surface area contributed by atoms with Crippen LogP contribution in [0.3, 0.4) is 0 Å².